The van der Waals surface area contributed by atoms with E-state index in [2.05, 4.69) is 27.7 Å². The molecule has 31 heavy (non-hydrogen) atoms. The number of rotatable bonds is 8. The highest BCUT2D eigenvalue weighted by atomic mass is 16.4. The summed E-state index contributed by atoms with van der Waals surface area (Å²) in [5, 5.41) is 20.8. The van der Waals surface area contributed by atoms with Crippen LogP contribution in [-0.4, -0.2) is 65.9 Å². The van der Waals surface area contributed by atoms with Crippen molar-refractivity contribution >= 4 is 29.3 Å². The Bertz CT molecular complexity index is 870. The van der Waals surface area contributed by atoms with Crippen molar-refractivity contribution in [2.24, 2.45) is 0 Å². The second kappa shape index (κ2) is 12.9. The Morgan fingerprint density at radius 3 is 1.90 bits per heavy atom. The average Bonchev–Trinajstić information content (AvgIpc) is 2.72. The lowest BCUT2D eigenvalue weighted by molar-refractivity contribution is -0.159. The van der Waals surface area contributed by atoms with Crippen molar-refractivity contribution in [2.45, 2.75) is 13.0 Å². The molecule has 1 atom stereocenters. The van der Waals surface area contributed by atoms with E-state index in [1.165, 1.54) is 12.5 Å². The molecular weight excluding hydrogens is 402 g/mol. The third-order valence-corrected chi connectivity index (χ3v) is 4.19. The van der Waals surface area contributed by atoms with Gasteiger partial charge in [0.15, 0.2) is 5.78 Å². The summed E-state index contributed by atoms with van der Waals surface area (Å²) in [4.78, 5) is 43.6. The molecule has 0 aliphatic carbocycles. The maximum absolute atomic E-state index is 12.1. The van der Waals surface area contributed by atoms with E-state index in [0.29, 0.717) is 17.8 Å². The minimum Gasteiger partial charge on any atom is -0.473 e. The molecule has 1 amide bonds. The Morgan fingerprint density at radius 1 is 0.903 bits per heavy atom. The Morgan fingerprint density at radius 2 is 1.45 bits per heavy atom. The van der Waals surface area contributed by atoms with E-state index in [4.69, 9.17) is 19.8 Å². The van der Waals surface area contributed by atoms with E-state index >= 15 is 0 Å². The number of nitrogens with one attached hydrogen (secondary N) is 2. The fourth-order valence-corrected chi connectivity index (χ4v) is 2.59. The lowest BCUT2D eigenvalue weighted by Gasteiger charge is -2.25. The number of carbonyl (C=O) groups excluding carboxylic acids is 2. The van der Waals surface area contributed by atoms with Crippen LogP contribution in [0.2, 0.25) is 0 Å². The number of benzene rings is 2. The highest BCUT2D eigenvalue weighted by Gasteiger charge is 2.14. The fraction of sp³-hybridized carbons (Fsp3) is 0.273. The smallest absolute Gasteiger partial charge is 0.414 e. The molecule has 0 saturated carbocycles. The summed E-state index contributed by atoms with van der Waals surface area (Å²) < 4.78 is 0. The summed E-state index contributed by atoms with van der Waals surface area (Å²) in [7, 11) is 4.05. The third-order valence-electron chi connectivity index (χ3n) is 4.19. The molecule has 0 radical (unpaired) electrons. The van der Waals surface area contributed by atoms with Gasteiger partial charge in [-0.1, -0.05) is 30.3 Å². The monoisotopic (exact) mass is 429 g/mol. The number of likely N-dealkylation sites (N-methyl/N-ethyl adjacent to an activating group) is 1. The van der Waals surface area contributed by atoms with Crippen molar-refractivity contribution in [3.8, 4) is 0 Å². The number of carboxylic acids is 2. The molecule has 2 aromatic rings. The normalized spacial score (nSPS) is 11.1. The molecule has 0 spiro atoms. The molecule has 0 fully saturated rings. The van der Waals surface area contributed by atoms with Crippen LogP contribution in [0.3, 0.4) is 0 Å². The van der Waals surface area contributed by atoms with E-state index in [-0.39, 0.29) is 24.3 Å². The predicted octanol–water partition coefficient (Wildman–Crippen LogP) is 1.88. The Kier molecular flexibility index (Phi) is 10.6. The van der Waals surface area contributed by atoms with Gasteiger partial charge in [-0.05, 0) is 50.8 Å². The lowest BCUT2D eigenvalue weighted by Crippen LogP contribution is -2.35. The fourth-order valence-electron chi connectivity index (χ4n) is 2.59. The number of anilines is 1. The number of ketones is 1. The number of hydrogen-bond acceptors (Lipinski definition) is 6. The molecule has 1 unspecified atom stereocenters. The van der Waals surface area contributed by atoms with Crippen LogP contribution in [0, 0.1) is 0 Å². The Hall–Kier alpha value is -3.56. The summed E-state index contributed by atoms with van der Waals surface area (Å²) >= 11 is 0. The van der Waals surface area contributed by atoms with Gasteiger partial charge in [0.25, 0.3) is 0 Å². The number of carbonyl (C=O) groups is 4. The summed E-state index contributed by atoms with van der Waals surface area (Å²) in [6.07, 6.45) is 0. The van der Waals surface area contributed by atoms with Crippen molar-refractivity contribution in [3.63, 3.8) is 0 Å². The van der Waals surface area contributed by atoms with Gasteiger partial charge in [-0.3, -0.25) is 9.59 Å². The van der Waals surface area contributed by atoms with Crippen LogP contribution >= 0.6 is 0 Å². The molecule has 9 heteroatoms. The minimum atomic E-state index is -1.82. The van der Waals surface area contributed by atoms with Crippen LogP contribution < -0.4 is 10.6 Å². The van der Waals surface area contributed by atoms with Crippen LogP contribution in [0.25, 0.3) is 0 Å². The summed E-state index contributed by atoms with van der Waals surface area (Å²) in [6, 6.07) is 17.3. The van der Waals surface area contributed by atoms with E-state index < -0.39 is 11.9 Å². The molecule has 0 aliphatic rings. The van der Waals surface area contributed by atoms with Gasteiger partial charge in [-0.15, -0.1) is 0 Å². The van der Waals surface area contributed by atoms with Crippen molar-refractivity contribution < 1.29 is 29.4 Å². The first-order chi connectivity index (χ1) is 14.6. The first-order valence-electron chi connectivity index (χ1n) is 9.41. The molecule has 9 nitrogen and oxygen atoms in total. The van der Waals surface area contributed by atoms with Crippen molar-refractivity contribution in [1.29, 1.82) is 0 Å². The molecule has 2 rings (SSSR count). The zero-order valence-corrected chi connectivity index (χ0v) is 17.7. The maximum Gasteiger partial charge on any atom is 0.414 e. The molecule has 166 valence electrons. The van der Waals surface area contributed by atoms with Gasteiger partial charge in [0.05, 0.1) is 6.54 Å². The Balaban J connectivity index is 0.000000703. The molecule has 0 saturated heterocycles. The molecule has 0 heterocycles. The second-order valence-electron chi connectivity index (χ2n) is 6.81. The van der Waals surface area contributed by atoms with E-state index in [1.54, 1.807) is 24.3 Å². The highest BCUT2D eigenvalue weighted by Crippen LogP contribution is 2.16. The number of carboxylic acid groups (broad SMARTS) is 2. The first-order valence-corrected chi connectivity index (χ1v) is 9.41. The van der Waals surface area contributed by atoms with Crippen molar-refractivity contribution in [3.05, 3.63) is 65.7 Å². The number of nitrogens with zero attached hydrogens (tertiary/aromatic N) is 1. The topological polar surface area (TPSA) is 136 Å². The summed E-state index contributed by atoms with van der Waals surface area (Å²) in [6.45, 7) is 2.42. The summed E-state index contributed by atoms with van der Waals surface area (Å²) in [5.41, 5.74) is 2.53. The Labute approximate surface area is 180 Å². The summed E-state index contributed by atoms with van der Waals surface area (Å²) in [5.74, 6) is -3.75. The zero-order chi connectivity index (χ0) is 23.4. The van der Waals surface area contributed by atoms with Crippen LogP contribution in [0.4, 0.5) is 5.69 Å². The lowest BCUT2D eigenvalue weighted by atomic mass is 10.1. The van der Waals surface area contributed by atoms with Crippen LogP contribution in [0.5, 0.6) is 0 Å². The average molecular weight is 429 g/mol. The van der Waals surface area contributed by atoms with Crippen LogP contribution in [0.15, 0.2) is 54.6 Å². The van der Waals surface area contributed by atoms with Gasteiger partial charge in [0, 0.05) is 23.8 Å². The molecular formula is C22H27N3O6. The van der Waals surface area contributed by atoms with Crippen molar-refractivity contribution in [2.75, 3.05) is 32.5 Å². The zero-order valence-electron chi connectivity index (χ0n) is 17.7. The van der Waals surface area contributed by atoms with Gasteiger partial charge in [-0.2, -0.15) is 0 Å². The standard InChI is InChI=1S/C20H25N3O2.C2H2O4/c1-15(24)16-9-11-18(12-10-16)22-20(25)14-21-13-19(23(2)3)17-7-5-4-6-8-17;3-1(4)2(5)6/h4-12,19,21H,13-14H2,1-3H3,(H,22,25);(H,3,4)(H,5,6). The maximum atomic E-state index is 12.1. The third kappa shape index (κ3) is 9.66. The second-order valence-corrected chi connectivity index (χ2v) is 6.81. The molecule has 2 aromatic carbocycles. The van der Waals surface area contributed by atoms with Crippen molar-refractivity contribution in [1.82, 2.24) is 10.2 Å². The number of aliphatic carboxylic acids is 2. The van der Waals surface area contributed by atoms with Gasteiger partial charge >= 0.3 is 11.9 Å². The number of Topliss-reactive ketones (excluding diaryl/α,β-unsaturated/α-hetero) is 1. The number of hydrogen-bond donors (Lipinski definition) is 4. The first kappa shape index (κ1) is 25.5. The van der Waals surface area contributed by atoms with Crippen LogP contribution in [-0.2, 0) is 14.4 Å². The van der Waals surface area contributed by atoms with E-state index in [9.17, 15) is 9.59 Å². The van der Waals surface area contributed by atoms with Gasteiger partial charge in [-0.25, -0.2) is 9.59 Å². The highest BCUT2D eigenvalue weighted by molar-refractivity contribution is 6.27. The molecule has 4 N–H and O–H groups in total. The van der Waals surface area contributed by atoms with E-state index in [0.717, 1.165) is 0 Å². The van der Waals surface area contributed by atoms with Gasteiger partial charge in [0.1, 0.15) is 0 Å². The predicted molar refractivity (Wildman–Crippen MR) is 116 cm³/mol. The van der Waals surface area contributed by atoms with Gasteiger partial charge < -0.3 is 25.7 Å². The number of amides is 1. The van der Waals surface area contributed by atoms with E-state index in [1.807, 2.05) is 32.3 Å². The quantitative estimate of drug-likeness (QED) is 0.369. The van der Waals surface area contributed by atoms with Gasteiger partial charge in [0.2, 0.25) is 5.91 Å². The molecule has 0 aromatic heterocycles. The molecule has 0 bridgehead atoms. The van der Waals surface area contributed by atoms with Crippen LogP contribution in [0.1, 0.15) is 28.9 Å². The SMILES string of the molecule is CC(=O)c1ccc(NC(=O)CNCC(c2ccccc2)N(C)C)cc1.O=C(O)C(=O)O. The minimum absolute atomic E-state index is 0.00943. The molecule has 0 aliphatic heterocycles. The largest absolute Gasteiger partial charge is 0.473 e.